The molecule has 1 unspecified atom stereocenters. The number of ether oxygens (including phenoxy) is 1. The van der Waals surface area contributed by atoms with E-state index in [0.29, 0.717) is 4.83 Å². The lowest BCUT2D eigenvalue weighted by atomic mass is 10.1. The second kappa shape index (κ2) is 4.56. The van der Waals surface area contributed by atoms with Crippen molar-refractivity contribution in [1.82, 2.24) is 0 Å². The highest BCUT2D eigenvalue weighted by atomic mass is 79.9. The lowest BCUT2D eigenvalue weighted by Crippen LogP contribution is -2.05. The number of halogens is 1. The summed E-state index contributed by atoms with van der Waals surface area (Å²) in [6.45, 7) is 4.09. The molecule has 1 atom stereocenters. The van der Waals surface area contributed by atoms with Crippen LogP contribution in [0.3, 0.4) is 0 Å². The van der Waals surface area contributed by atoms with Crippen molar-refractivity contribution in [2.75, 3.05) is 0 Å². The summed E-state index contributed by atoms with van der Waals surface area (Å²) in [5.41, 5.74) is 1.37. The topological polar surface area (TPSA) is 9.23 Å². The van der Waals surface area contributed by atoms with Gasteiger partial charge in [0.05, 0.1) is 6.10 Å². The van der Waals surface area contributed by atoms with Gasteiger partial charge in [-0.05, 0) is 50.3 Å². The molecule has 15 heavy (non-hydrogen) atoms. The van der Waals surface area contributed by atoms with E-state index in [1.807, 2.05) is 13.8 Å². The van der Waals surface area contributed by atoms with Gasteiger partial charge >= 0.3 is 0 Å². The molecule has 1 aromatic rings. The number of hydrogen-bond donors (Lipinski definition) is 0. The molecule has 1 nitrogen and oxygen atoms in total. The largest absolute Gasteiger partial charge is 0.491 e. The quantitative estimate of drug-likeness (QED) is 0.740. The standard InChI is InChI=1S/C13H17BrO/c1-9(2)15-12-7-5-11(6-8-12)13(14)10-3-4-10/h5-10,13H,3-4H2,1-2H3. The molecule has 1 fully saturated rings. The lowest BCUT2D eigenvalue weighted by molar-refractivity contribution is 0.242. The van der Waals surface area contributed by atoms with Gasteiger partial charge in [-0.3, -0.25) is 0 Å². The molecular weight excluding hydrogens is 252 g/mol. The van der Waals surface area contributed by atoms with Crippen LogP contribution >= 0.6 is 15.9 Å². The first-order chi connectivity index (χ1) is 7.16. The Kier molecular flexibility index (Phi) is 3.35. The number of benzene rings is 1. The Bertz CT molecular complexity index is 314. The molecule has 0 aliphatic heterocycles. The van der Waals surface area contributed by atoms with Crippen molar-refractivity contribution in [1.29, 1.82) is 0 Å². The molecule has 0 saturated heterocycles. The van der Waals surface area contributed by atoms with E-state index in [-0.39, 0.29) is 6.10 Å². The zero-order valence-electron chi connectivity index (χ0n) is 9.24. The first kappa shape index (κ1) is 11.0. The number of alkyl halides is 1. The van der Waals surface area contributed by atoms with Gasteiger partial charge in [-0.1, -0.05) is 28.1 Å². The van der Waals surface area contributed by atoms with Crippen molar-refractivity contribution in [3.05, 3.63) is 29.8 Å². The van der Waals surface area contributed by atoms with E-state index in [1.54, 1.807) is 0 Å². The normalized spacial score (nSPS) is 17.9. The molecule has 0 amide bonds. The fourth-order valence-corrected chi connectivity index (χ4v) is 2.50. The van der Waals surface area contributed by atoms with Gasteiger partial charge in [0, 0.05) is 4.83 Å². The van der Waals surface area contributed by atoms with Crippen molar-refractivity contribution < 1.29 is 4.74 Å². The SMILES string of the molecule is CC(C)Oc1ccc(C(Br)C2CC2)cc1. The molecule has 0 bridgehead atoms. The van der Waals surface area contributed by atoms with E-state index in [9.17, 15) is 0 Å². The third-order valence-electron chi connectivity index (χ3n) is 2.61. The van der Waals surface area contributed by atoms with Gasteiger partial charge in [-0.2, -0.15) is 0 Å². The van der Waals surface area contributed by atoms with Gasteiger partial charge in [0.2, 0.25) is 0 Å². The van der Waals surface area contributed by atoms with E-state index in [0.717, 1.165) is 11.7 Å². The van der Waals surface area contributed by atoms with Crippen LogP contribution in [0, 0.1) is 5.92 Å². The molecule has 0 spiro atoms. The highest BCUT2D eigenvalue weighted by Gasteiger charge is 2.30. The summed E-state index contributed by atoms with van der Waals surface area (Å²) in [6.07, 6.45) is 2.97. The van der Waals surface area contributed by atoms with E-state index in [1.165, 1.54) is 18.4 Å². The van der Waals surface area contributed by atoms with Crippen LogP contribution in [-0.4, -0.2) is 6.10 Å². The van der Waals surface area contributed by atoms with Gasteiger partial charge < -0.3 is 4.74 Å². The average molecular weight is 269 g/mol. The van der Waals surface area contributed by atoms with Crippen LogP contribution in [0.5, 0.6) is 5.75 Å². The molecule has 0 heterocycles. The van der Waals surface area contributed by atoms with E-state index in [2.05, 4.69) is 40.2 Å². The molecule has 82 valence electrons. The summed E-state index contributed by atoms with van der Waals surface area (Å²) >= 11 is 3.75. The molecule has 0 radical (unpaired) electrons. The fourth-order valence-electron chi connectivity index (χ4n) is 1.66. The molecule has 1 saturated carbocycles. The van der Waals surface area contributed by atoms with Crippen LogP contribution in [0.25, 0.3) is 0 Å². The molecular formula is C13H17BrO. The van der Waals surface area contributed by atoms with E-state index < -0.39 is 0 Å². The smallest absolute Gasteiger partial charge is 0.119 e. The Hall–Kier alpha value is -0.500. The highest BCUT2D eigenvalue weighted by Crippen LogP contribution is 2.46. The predicted octanol–water partition coefficient (Wildman–Crippen LogP) is 4.32. The second-order valence-electron chi connectivity index (χ2n) is 4.47. The van der Waals surface area contributed by atoms with Gasteiger partial charge in [0.15, 0.2) is 0 Å². The zero-order valence-corrected chi connectivity index (χ0v) is 10.8. The molecule has 1 aromatic carbocycles. The van der Waals surface area contributed by atoms with Crippen LogP contribution in [0.15, 0.2) is 24.3 Å². The molecule has 0 aromatic heterocycles. The van der Waals surface area contributed by atoms with Crippen molar-refractivity contribution in [2.45, 2.75) is 37.6 Å². The maximum absolute atomic E-state index is 5.61. The van der Waals surface area contributed by atoms with Crippen LogP contribution < -0.4 is 4.74 Å². The Morgan fingerprint density at radius 3 is 2.27 bits per heavy atom. The monoisotopic (exact) mass is 268 g/mol. The Labute approximate surface area is 100.0 Å². The van der Waals surface area contributed by atoms with Gasteiger partial charge in [-0.25, -0.2) is 0 Å². The Balaban J connectivity index is 2.02. The minimum atomic E-state index is 0.249. The van der Waals surface area contributed by atoms with Crippen molar-refractivity contribution in [3.8, 4) is 5.75 Å². The minimum absolute atomic E-state index is 0.249. The maximum atomic E-state index is 5.61. The Morgan fingerprint density at radius 1 is 1.20 bits per heavy atom. The molecule has 1 aliphatic carbocycles. The van der Waals surface area contributed by atoms with Crippen LogP contribution in [-0.2, 0) is 0 Å². The molecule has 1 aliphatic rings. The lowest BCUT2D eigenvalue weighted by Gasteiger charge is -2.12. The van der Waals surface area contributed by atoms with Crippen molar-refractivity contribution >= 4 is 15.9 Å². The minimum Gasteiger partial charge on any atom is -0.491 e. The van der Waals surface area contributed by atoms with Crippen molar-refractivity contribution in [2.24, 2.45) is 5.92 Å². The van der Waals surface area contributed by atoms with E-state index in [4.69, 9.17) is 4.74 Å². The van der Waals surface area contributed by atoms with Gasteiger partial charge in [0.1, 0.15) is 5.75 Å². The zero-order chi connectivity index (χ0) is 10.8. The summed E-state index contributed by atoms with van der Waals surface area (Å²) in [5, 5.41) is 0. The predicted molar refractivity (Wildman–Crippen MR) is 66.6 cm³/mol. The third-order valence-corrected chi connectivity index (χ3v) is 3.88. The summed E-state index contributed by atoms with van der Waals surface area (Å²) in [7, 11) is 0. The maximum Gasteiger partial charge on any atom is 0.119 e. The summed E-state index contributed by atoms with van der Waals surface area (Å²) in [5.74, 6) is 1.81. The Morgan fingerprint density at radius 2 is 1.80 bits per heavy atom. The first-order valence-electron chi connectivity index (χ1n) is 5.57. The summed E-state index contributed by atoms with van der Waals surface area (Å²) in [4.78, 5) is 0.533. The highest BCUT2D eigenvalue weighted by molar-refractivity contribution is 9.09. The first-order valence-corrected chi connectivity index (χ1v) is 6.49. The second-order valence-corrected chi connectivity index (χ2v) is 5.46. The van der Waals surface area contributed by atoms with Crippen LogP contribution in [0.2, 0.25) is 0 Å². The molecule has 2 rings (SSSR count). The molecule has 0 N–H and O–H groups in total. The van der Waals surface area contributed by atoms with Gasteiger partial charge in [0.25, 0.3) is 0 Å². The molecule has 2 heteroatoms. The summed E-state index contributed by atoms with van der Waals surface area (Å²) < 4.78 is 5.61. The number of hydrogen-bond acceptors (Lipinski definition) is 1. The summed E-state index contributed by atoms with van der Waals surface area (Å²) in [6, 6.07) is 8.45. The van der Waals surface area contributed by atoms with Crippen LogP contribution in [0.4, 0.5) is 0 Å². The van der Waals surface area contributed by atoms with Crippen molar-refractivity contribution in [3.63, 3.8) is 0 Å². The fraction of sp³-hybridized carbons (Fsp3) is 0.538. The van der Waals surface area contributed by atoms with Crippen LogP contribution in [0.1, 0.15) is 37.1 Å². The third kappa shape index (κ3) is 2.97. The van der Waals surface area contributed by atoms with E-state index >= 15 is 0 Å². The average Bonchev–Trinajstić information content (AvgIpc) is 3.00. The van der Waals surface area contributed by atoms with Gasteiger partial charge in [-0.15, -0.1) is 0 Å². The number of rotatable bonds is 4.